The molecule has 0 aromatic carbocycles. The maximum Gasteiger partial charge on any atom is 0.564 e. The molecule has 2 N–H and O–H groups in total. The molecule has 0 rings (SSSR count). The van der Waals surface area contributed by atoms with Crippen LogP contribution < -0.4 is 5.90 Å². The number of unbranched alkanes of at least 4 members (excludes halogenated alkanes) is 25. The molecular formula is C28H59NO4S+. The zero-order valence-corrected chi connectivity index (χ0v) is 23.5. The molecule has 1 unspecified atom stereocenters. The summed E-state index contributed by atoms with van der Waals surface area (Å²) in [5, 5.41) is 0. The Kier molecular flexibility index (Phi) is 27.6. The van der Waals surface area contributed by atoms with Crippen LogP contribution in [0.1, 0.15) is 174 Å². The van der Waals surface area contributed by atoms with Crippen LogP contribution in [0.15, 0.2) is 0 Å². The quantitative estimate of drug-likeness (QED) is 0.0623. The van der Waals surface area contributed by atoms with Crippen molar-refractivity contribution in [1.82, 2.24) is 0 Å². The van der Waals surface area contributed by atoms with Crippen LogP contribution in [0.4, 0.5) is 0 Å². The van der Waals surface area contributed by atoms with Crippen molar-refractivity contribution >= 4 is 10.8 Å². The van der Waals surface area contributed by atoms with E-state index >= 15 is 0 Å². The van der Waals surface area contributed by atoms with Crippen molar-refractivity contribution in [3.63, 3.8) is 0 Å². The highest BCUT2D eigenvalue weighted by atomic mass is 32.3. The minimum atomic E-state index is -3.97. The van der Waals surface area contributed by atoms with Gasteiger partial charge in [-0.25, -0.2) is 0 Å². The van der Waals surface area contributed by atoms with Crippen molar-refractivity contribution in [3.8, 4) is 0 Å². The van der Waals surface area contributed by atoms with Gasteiger partial charge < -0.3 is 0 Å². The third-order valence-electron chi connectivity index (χ3n) is 6.84. The first kappa shape index (κ1) is 34.0. The smallest absolute Gasteiger partial charge is 0.158 e. The molecule has 0 bridgehead atoms. The van der Waals surface area contributed by atoms with Gasteiger partial charge in [0.25, 0.3) is 0 Å². The van der Waals surface area contributed by atoms with Crippen molar-refractivity contribution in [2.24, 2.45) is 5.90 Å². The lowest BCUT2D eigenvalue weighted by molar-refractivity contribution is 0.152. The van der Waals surface area contributed by atoms with E-state index in [1.165, 1.54) is 148 Å². The van der Waals surface area contributed by atoms with E-state index in [0.29, 0.717) is 0 Å². The van der Waals surface area contributed by atoms with E-state index in [-0.39, 0.29) is 6.61 Å². The molecule has 6 heteroatoms. The highest BCUT2D eigenvalue weighted by Gasteiger charge is 2.31. The summed E-state index contributed by atoms with van der Waals surface area (Å²) in [6, 6.07) is 0. The van der Waals surface area contributed by atoms with Crippen LogP contribution in [0, 0.1) is 0 Å². The van der Waals surface area contributed by atoms with Crippen LogP contribution in [0.25, 0.3) is 0 Å². The van der Waals surface area contributed by atoms with Gasteiger partial charge in [-0.05, 0) is 10.7 Å². The van der Waals surface area contributed by atoms with E-state index in [1.54, 1.807) is 0 Å². The summed E-state index contributed by atoms with van der Waals surface area (Å²) in [7, 11) is -3.97. The third kappa shape index (κ3) is 28.2. The summed E-state index contributed by atoms with van der Waals surface area (Å²) in [6.45, 7) is 2.44. The van der Waals surface area contributed by atoms with Crippen LogP contribution in [0.5, 0.6) is 0 Å². The predicted octanol–water partition coefficient (Wildman–Crippen LogP) is 9.73. The molecule has 0 aliphatic rings. The fraction of sp³-hybridized carbons (Fsp3) is 1.00. The average Bonchev–Trinajstić information content (AvgIpc) is 2.83. The number of rotatable bonds is 29. The normalized spacial score (nSPS) is 13.4. The molecule has 5 nitrogen and oxygen atoms in total. The Morgan fingerprint density at radius 2 is 0.706 bits per heavy atom. The SMILES string of the molecule is CCCCCCCCCCCCCCCCCCCCCCCCCCCCO[S+]([O])(=O)ON. The lowest BCUT2D eigenvalue weighted by Gasteiger charge is -2.04. The molecule has 34 heavy (non-hydrogen) atoms. The molecule has 1 radical (unpaired) electrons. The molecule has 0 spiro atoms. The van der Waals surface area contributed by atoms with E-state index < -0.39 is 10.8 Å². The van der Waals surface area contributed by atoms with Crippen molar-refractivity contribution in [1.29, 1.82) is 0 Å². The van der Waals surface area contributed by atoms with Gasteiger partial charge in [0, 0.05) is 4.21 Å². The summed E-state index contributed by atoms with van der Waals surface area (Å²) in [4.78, 5) is 0. The summed E-state index contributed by atoms with van der Waals surface area (Å²) >= 11 is 0. The first-order chi connectivity index (χ1) is 16.6. The molecule has 0 saturated heterocycles. The molecule has 205 valence electrons. The molecule has 1 atom stereocenters. The largest absolute Gasteiger partial charge is 0.564 e. The molecule has 0 saturated carbocycles. The summed E-state index contributed by atoms with van der Waals surface area (Å²) in [5.41, 5.74) is 0. The topological polar surface area (TPSA) is 81.5 Å². The van der Waals surface area contributed by atoms with Gasteiger partial charge in [0.05, 0.1) is 0 Å². The Hall–Kier alpha value is -0.0100. The molecule has 0 heterocycles. The van der Waals surface area contributed by atoms with Gasteiger partial charge in [-0.2, -0.15) is 5.90 Å². The lowest BCUT2D eigenvalue weighted by Crippen LogP contribution is -2.20. The van der Waals surface area contributed by atoms with E-state index in [0.717, 1.165) is 19.3 Å². The van der Waals surface area contributed by atoms with Gasteiger partial charge in [0.2, 0.25) is 0 Å². The maximum absolute atomic E-state index is 10.9. The maximum atomic E-state index is 10.9. The Balaban J connectivity index is 3.06. The summed E-state index contributed by atoms with van der Waals surface area (Å²) in [5.74, 6) is 4.60. The summed E-state index contributed by atoms with van der Waals surface area (Å²) in [6.07, 6.45) is 35.3. The van der Waals surface area contributed by atoms with Crippen LogP contribution in [0.2, 0.25) is 0 Å². The lowest BCUT2D eigenvalue weighted by atomic mass is 10.0. The first-order valence-electron chi connectivity index (χ1n) is 14.9. The first-order valence-corrected chi connectivity index (χ1v) is 16.2. The predicted molar refractivity (Wildman–Crippen MR) is 146 cm³/mol. The van der Waals surface area contributed by atoms with Crippen LogP contribution in [-0.4, -0.2) is 6.61 Å². The second kappa shape index (κ2) is 27.6. The van der Waals surface area contributed by atoms with Gasteiger partial charge in [-0.1, -0.05) is 167 Å². The molecular weight excluding hydrogens is 446 g/mol. The zero-order valence-electron chi connectivity index (χ0n) is 22.7. The number of hydrogen-bond donors (Lipinski definition) is 1. The molecule has 0 fully saturated rings. The highest BCUT2D eigenvalue weighted by Crippen LogP contribution is 2.16. The fourth-order valence-corrected chi connectivity index (χ4v) is 4.98. The van der Waals surface area contributed by atoms with Crippen molar-refractivity contribution in [2.45, 2.75) is 174 Å². The van der Waals surface area contributed by atoms with Gasteiger partial charge in [0.1, 0.15) is 11.2 Å². The van der Waals surface area contributed by atoms with E-state index in [4.69, 9.17) is 0 Å². The zero-order chi connectivity index (χ0) is 25.0. The Labute approximate surface area is 214 Å². The van der Waals surface area contributed by atoms with Gasteiger partial charge >= 0.3 is 10.8 Å². The minimum Gasteiger partial charge on any atom is -0.158 e. The third-order valence-corrected chi connectivity index (χ3v) is 7.53. The second-order valence-corrected chi connectivity index (χ2v) is 11.4. The average molecular weight is 506 g/mol. The van der Waals surface area contributed by atoms with Crippen molar-refractivity contribution in [3.05, 3.63) is 0 Å². The van der Waals surface area contributed by atoms with Crippen molar-refractivity contribution < 1.29 is 17.2 Å². The van der Waals surface area contributed by atoms with Crippen LogP contribution >= 0.6 is 0 Å². The van der Waals surface area contributed by atoms with Crippen molar-refractivity contribution in [2.75, 3.05) is 6.61 Å². The molecule has 0 aliphatic heterocycles. The Morgan fingerprint density at radius 1 is 0.471 bits per heavy atom. The standard InChI is InChI=1S/C28H59NO4S/c1-2-3-4-5-6-7-8-9-10-11-12-13-14-15-16-17-18-19-20-21-22-23-24-25-26-27-28-32-34(30,31)33-29/h2-29H2,1H3/q+1. The Bertz CT molecular complexity index is 437. The molecule has 0 aliphatic carbocycles. The number of nitrogens with two attached hydrogens (primary N) is 1. The van der Waals surface area contributed by atoms with Crippen LogP contribution in [-0.2, 0) is 28.0 Å². The van der Waals surface area contributed by atoms with Crippen LogP contribution in [0.3, 0.4) is 0 Å². The van der Waals surface area contributed by atoms with E-state index in [1.807, 2.05) is 0 Å². The molecule has 0 aromatic heterocycles. The number of hydrogen-bond acceptors (Lipinski definition) is 4. The molecule has 0 aromatic rings. The summed E-state index contributed by atoms with van der Waals surface area (Å²) < 4.78 is 30.0. The monoisotopic (exact) mass is 505 g/mol. The second-order valence-electron chi connectivity index (χ2n) is 10.2. The highest BCUT2D eigenvalue weighted by molar-refractivity contribution is 7.88. The van der Waals surface area contributed by atoms with Gasteiger partial charge in [-0.15, -0.1) is 4.18 Å². The van der Waals surface area contributed by atoms with Gasteiger partial charge in [0.15, 0.2) is 0 Å². The van der Waals surface area contributed by atoms with E-state index in [9.17, 15) is 8.76 Å². The van der Waals surface area contributed by atoms with Gasteiger partial charge in [-0.3, -0.25) is 0 Å². The fourth-order valence-electron chi connectivity index (χ4n) is 4.61. The molecule has 0 amide bonds. The minimum absolute atomic E-state index is 0.152. The Morgan fingerprint density at radius 3 is 0.941 bits per heavy atom. The van der Waals surface area contributed by atoms with E-state index in [2.05, 4.69) is 21.3 Å².